The van der Waals surface area contributed by atoms with Crippen molar-refractivity contribution in [3.8, 4) is 22.6 Å². The quantitative estimate of drug-likeness (QED) is 0.170. The van der Waals surface area contributed by atoms with E-state index in [1.807, 2.05) is 36.5 Å². The van der Waals surface area contributed by atoms with Gasteiger partial charge in [-0.3, -0.25) is 0 Å². The van der Waals surface area contributed by atoms with Crippen molar-refractivity contribution in [1.82, 2.24) is 19.6 Å². The number of aromatic nitrogens is 4. The molecular weight excluding hydrogens is 559 g/mol. The minimum Gasteiger partial charge on any atom is -0.487 e. The van der Waals surface area contributed by atoms with Gasteiger partial charge >= 0.3 is 5.97 Å². The molecule has 41 heavy (non-hydrogen) atoms. The van der Waals surface area contributed by atoms with Crippen LogP contribution in [0, 0.1) is 6.92 Å². The van der Waals surface area contributed by atoms with E-state index in [9.17, 15) is 4.79 Å². The molecule has 9 heteroatoms. The third kappa shape index (κ3) is 5.09. The lowest BCUT2D eigenvalue weighted by Gasteiger charge is -2.14. The largest absolute Gasteiger partial charge is 0.487 e. The Bertz CT molecular complexity index is 1770. The average molecular weight is 590 g/mol. The van der Waals surface area contributed by atoms with Gasteiger partial charge in [-0.05, 0) is 80.6 Å². The number of benzene rings is 3. The van der Waals surface area contributed by atoms with Crippen LogP contribution in [0.4, 0.5) is 0 Å². The zero-order valence-electron chi connectivity index (χ0n) is 23.3. The van der Waals surface area contributed by atoms with E-state index in [-0.39, 0.29) is 18.6 Å². The second-order valence-electron chi connectivity index (χ2n) is 10.7. The summed E-state index contributed by atoms with van der Waals surface area (Å²) < 4.78 is 15.1. The first-order valence-corrected chi connectivity index (χ1v) is 14.4. The highest BCUT2D eigenvalue weighted by atomic mass is 35.5. The van der Waals surface area contributed by atoms with Crippen molar-refractivity contribution in [2.75, 3.05) is 7.11 Å². The lowest BCUT2D eigenvalue weighted by Crippen LogP contribution is -2.08. The molecule has 1 aliphatic rings. The standard InChI is InChI=1S/C32H30Cl2N4O3/c1-18(2)37-16-25(32(39)40-4)24-12-10-21(15-28(24)37)23-13-11-22(14-19(23)3)41-17-29-30(20-8-9-20)35-36-38(29)31-26(33)6-5-7-27(31)34/h5-7,10-16,18,20H,8-9,17H2,1-4H3. The van der Waals surface area contributed by atoms with Gasteiger partial charge in [0.2, 0.25) is 0 Å². The van der Waals surface area contributed by atoms with E-state index in [0.29, 0.717) is 27.2 Å². The van der Waals surface area contributed by atoms with Crippen LogP contribution in [0.1, 0.15) is 66.0 Å². The van der Waals surface area contributed by atoms with Gasteiger partial charge in [0.15, 0.2) is 0 Å². The maximum atomic E-state index is 12.4. The lowest BCUT2D eigenvalue weighted by atomic mass is 9.99. The summed E-state index contributed by atoms with van der Waals surface area (Å²) in [5.41, 5.74) is 7.17. The van der Waals surface area contributed by atoms with Crippen molar-refractivity contribution >= 4 is 40.1 Å². The number of fused-ring (bicyclic) bond motifs is 1. The zero-order valence-corrected chi connectivity index (χ0v) is 24.8. The zero-order chi connectivity index (χ0) is 28.8. The number of methoxy groups -OCH3 is 1. The van der Waals surface area contributed by atoms with Crippen molar-refractivity contribution in [1.29, 1.82) is 0 Å². The minimum atomic E-state index is -0.335. The van der Waals surface area contributed by atoms with Crippen LogP contribution in [0.3, 0.4) is 0 Å². The fraction of sp³-hybridized carbons (Fsp3) is 0.281. The number of para-hydroxylation sites is 1. The van der Waals surface area contributed by atoms with E-state index < -0.39 is 0 Å². The molecule has 0 amide bonds. The number of carbonyl (C=O) groups excluding carboxylic acids is 1. The van der Waals surface area contributed by atoms with Crippen molar-refractivity contribution in [2.45, 2.75) is 52.2 Å². The van der Waals surface area contributed by atoms with Crippen LogP contribution in [0.2, 0.25) is 10.0 Å². The summed E-state index contributed by atoms with van der Waals surface area (Å²) >= 11 is 13.0. The molecule has 210 valence electrons. The van der Waals surface area contributed by atoms with E-state index in [0.717, 1.165) is 57.6 Å². The van der Waals surface area contributed by atoms with E-state index in [1.54, 1.807) is 16.8 Å². The Hall–Kier alpha value is -3.81. The van der Waals surface area contributed by atoms with Crippen molar-refractivity contribution in [2.24, 2.45) is 0 Å². The first kappa shape index (κ1) is 27.4. The van der Waals surface area contributed by atoms with Crippen LogP contribution in [0.15, 0.2) is 60.8 Å². The number of ether oxygens (including phenoxy) is 2. The first-order valence-electron chi connectivity index (χ1n) is 13.6. The molecule has 1 saturated carbocycles. The third-order valence-electron chi connectivity index (χ3n) is 7.59. The molecule has 0 saturated heterocycles. The van der Waals surface area contributed by atoms with E-state index >= 15 is 0 Å². The molecular formula is C32H30Cl2N4O3. The van der Waals surface area contributed by atoms with Crippen LogP contribution in [0.25, 0.3) is 27.7 Å². The van der Waals surface area contributed by atoms with Crippen molar-refractivity contribution in [3.05, 3.63) is 93.4 Å². The van der Waals surface area contributed by atoms with E-state index in [1.165, 1.54) is 7.11 Å². The summed E-state index contributed by atoms with van der Waals surface area (Å²) in [6.45, 7) is 6.54. The molecule has 0 unspecified atom stereocenters. The highest BCUT2D eigenvalue weighted by Crippen LogP contribution is 2.42. The molecule has 7 nitrogen and oxygen atoms in total. The molecule has 2 heterocycles. The van der Waals surface area contributed by atoms with E-state index in [4.69, 9.17) is 32.7 Å². The smallest absolute Gasteiger partial charge is 0.340 e. The number of esters is 1. The second-order valence-corrected chi connectivity index (χ2v) is 11.5. The molecule has 1 fully saturated rings. The predicted molar refractivity (Wildman–Crippen MR) is 162 cm³/mol. The Kier molecular flexibility index (Phi) is 7.26. The van der Waals surface area contributed by atoms with Crippen LogP contribution >= 0.6 is 23.2 Å². The fourth-order valence-electron chi connectivity index (χ4n) is 5.31. The summed E-state index contributed by atoms with van der Waals surface area (Å²) in [6, 6.07) is 17.8. The molecule has 3 aromatic carbocycles. The summed E-state index contributed by atoms with van der Waals surface area (Å²) in [5, 5.41) is 10.8. The van der Waals surface area contributed by atoms with Gasteiger partial charge in [-0.2, -0.15) is 0 Å². The number of hydrogen-bond acceptors (Lipinski definition) is 5. The molecule has 0 atom stereocenters. The van der Waals surface area contributed by atoms with Gasteiger partial charge in [0.25, 0.3) is 0 Å². The molecule has 0 radical (unpaired) electrons. The number of aryl methyl sites for hydroxylation is 1. The maximum Gasteiger partial charge on any atom is 0.340 e. The number of halogens is 2. The molecule has 5 aromatic rings. The average Bonchev–Trinajstić information content (AvgIpc) is 3.60. The molecule has 1 aliphatic carbocycles. The molecule has 0 N–H and O–H groups in total. The molecule has 0 bridgehead atoms. The topological polar surface area (TPSA) is 71.2 Å². The monoisotopic (exact) mass is 588 g/mol. The third-order valence-corrected chi connectivity index (χ3v) is 8.20. The summed E-state index contributed by atoms with van der Waals surface area (Å²) in [5.74, 6) is 0.788. The number of rotatable bonds is 8. The van der Waals surface area contributed by atoms with Crippen LogP contribution in [-0.4, -0.2) is 32.6 Å². The number of hydrogen-bond donors (Lipinski definition) is 0. The Labute approximate surface area is 248 Å². The fourth-order valence-corrected chi connectivity index (χ4v) is 5.87. The Balaban J connectivity index is 1.30. The van der Waals surface area contributed by atoms with Gasteiger partial charge in [-0.15, -0.1) is 5.10 Å². The van der Waals surface area contributed by atoms with Gasteiger partial charge in [0.1, 0.15) is 23.7 Å². The van der Waals surface area contributed by atoms with E-state index in [2.05, 4.69) is 47.8 Å². The Morgan fingerprint density at radius 1 is 1.07 bits per heavy atom. The number of carbonyl (C=O) groups is 1. The first-order chi connectivity index (χ1) is 19.8. The van der Waals surface area contributed by atoms with Gasteiger partial charge in [0, 0.05) is 29.1 Å². The summed E-state index contributed by atoms with van der Waals surface area (Å²) in [7, 11) is 1.41. The van der Waals surface area contributed by atoms with Gasteiger partial charge < -0.3 is 14.0 Å². The van der Waals surface area contributed by atoms with Gasteiger partial charge in [-0.25, -0.2) is 9.48 Å². The van der Waals surface area contributed by atoms with Crippen LogP contribution < -0.4 is 4.74 Å². The highest BCUT2D eigenvalue weighted by molar-refractivity contribution is 6.37. The molecule has 6 rings (SSSR count). The highest BCUT2D eigenvalue weighted by Gasteiger charge is 2.32. The van der Waals surface area contributed by atoms with Crippen molar-refractivity contribution in [3.63, 3.8) is 0 Å². The molecule has 2 aromatic heterocycles. The minimum absolute atomic E-state index is 0.187. The van der Waals surface area contributed by atoms with Gasteiger partial charge in [-0.1, -0.05) is 52.7 Å². The molecule has 0 aliphatic heterocycles. The summed E-state index contributed by atoms with van der Waals surface area (Å²) in [4.78, 5) is 12.4. The van der Waals surface area contributed by atoms with Gasteiger partial charge in [0.05, 0.1) is 28.4 Å². The maximum absolute atomic E-state index is 12.4. The Morgan fingerprint density at radius 2 is 1.83 bits per heavy atom. The normalized spacial score (nSPS) is 13.2. The SMILES string of the molecule is COC(=O)c1cn(C(C)C)c2cc(-c3ccc(OCc4c(C5CC5)nnn4-c4c(Cl)cccc4Cl)cc3C)ccc12. The van der Waals surface area contributed by atoms with Crippen LogP contribution in [0.5, 0.6) is 5.75 Å². The Morgan fingerprint density at radius 3 is 2.49 bits per heavy atom. The summed E-state index contributed by atoms with van der Waals surface area (Å²) in [6.07, 6.45) is 4.04. The molecule has 0 spiro atoms. The second kappa shape index (κ2) is 10.9. The predicted octanol–water partition coefficient (Wildman–Crippen LogP) is 8.33. The number of nitrogens with zero attached hydrogens (tertiary/aromatic N) is 4. The van der Waals surface area contributed by atoms with Crippen molar-refractivity contribution < 1.29 is 14.3 Å². The van der Waals surface area contributed by atoms with Crippen LogP contribution in [-0.2, 0) is 11.3 Å². The lowest BCUT2D eigenvalue weighted by molar-refractivity contribution is 0.0602.